The summed E-state index contributed by atoms with van der Waals surface area (Å²) in [6.45, 7) is 0. The molecule has 0 atom stereocenters. The fourth-order valence-electron chi connectivity index (χ4n) is 1.67. The lowest BCUT2D eigenvalue weighted by Gasteiger charge is -2.03. The van der Waals surface area contributed by atoms with Crippen LogP contribution in [0.1, 0.15) is 0 Å². The second-order valence-electron chi connectivity index (χ2n) is 3.85. The number of hydrogen-bond acceptors (Lipinski definition) is 4. The summed E-state index contributed by atoms with van der Waals surface area (Å²) in [5.74, 6) is 0. The number of thiazole rings is 1. The van der Waals surface area contributed by atoms with Crippen LogP contribution in [0.3, 0.4) is 0 Å². The van der Waals surface area contributed by atoms with Crippen LogP contribution in [0.25, 0.3) is 10.2 Å². The van der Waals surface area contributed by atoms with Gasteiger partial charge in [-0.15, -0.1) is 0 Å². The zero-order chi connectivity index (χ0) is 12.5. The molecule has 0 saturated carbocycles. The molecular formula is C13H10BrN3S. The Morgan fingerprint density at radius 1 is 1.17 bits per heavy atom. The van der Waals surface area contributed by atoms with Gasteiger partial charge in [-0.1, -0.05) is 23.5 Å². The summed E-state index contributed by atoms with van der Waals surface area (Å²) in [5.41, 5.74) is 8.49. The van der Waals surface area contributed by atoms with E-state index in [0.29, 0.717) is 0 Å². The van der Waals surface area contributed by atoms with Crippen molar-refractivity contribution >= 4 is 54.0 Å². The summed E-state index contributed by atoms with van der Waals surface area (Å²) in [6, 6.07) is 13.7. The van der Waals surface area contributed by atoms with Crippen molar-refractivity contribution in [3.05, 3.63) is 46.9 Å². The first-order chi connectivity index (χ1) is 8.72. The summed E-state index contributed by atoms with van der Waals surface area (Å²) in [5, 5.41) is 4.16. The predicted molar refractivity (Wildman–Crippen MR) is 81.5 cm³/mol. The van der Waals surface area contributed by atoms with Gasteiger partial charge in [-0.3, -0.25) is 0 Å². The molecule has 0 bridgehead atoms. The Morgan fingerprint density at radius 3 is 2.83 bits per heavy atom. The maximum atomic E-state index is 5.76. The van der Waals surface area contributed by atoms with Gasteiger partial charge in [0.05, 0.1) is 15.9 Å². The van der Waals surface area contributed by atoms with Crippen LogP contribution in [0.4, 0.5) is 16.5 Å². The van der Waals surface area contributed by atoms with Gasteiger partial charge in [0.1, 0.15) is 0 Å². The van der Waals surface area contributed by atoms with Gasteiger partial charge in [0.2, 0.25) is 0 Å². The minimum Gasteiger partial charge on any atom is -0.399 e. The molecule has 0 saturated heterocycles. The Labute approximate surface area is 117 Å². The van der Waals surface area contributed by atoms with Crippen molar-refractivity contribution in [2.75, 3.05) is 11.1 Å². The van der Waals surface area contributed by atoms with Gasteiger partial charge in [-0.2, -0.15) is 0 Å². The Morgan fingerprint density at radius 2 is 2.00 bits per heavy atom. The van der Waals surface area contributed by atoms with E-state index in [1.54, 1.807) is 11.3 Å². The molecule has 0 radical (unpaired) electrons. The second-order valence-corrected chi connectivity index (χ2v) is 5.74. The van der Waals surface area contributed by atoms with E-state index in [9.17, 15) is 0 Å². The first-order valence-corrected chi connectivity index (χ1v) is 7.01. The summed E-state index contributed by atoms with van der Waals surface area (Å²) >= 11 is 5.10. The molecule has 3 aromatic rings. The zero-order valence-electron chi connectivity index (χ0n) is 9.35. The number of benzene rings is 2. The number of nitrogens with two attached hydrogens (primary N) is 1. The van der Waals surface area contributed by atoms with Gasteiger partial charge in [0.15, 0.2) is 5.13 Å². The molecule has 0 unspecified atom stereocenters. The topological polar surface area (TPSA) is 50.9 Å². The van der Waals surface area contributed by atoms with Crippen molar-refractivity contribution < 1.29 is 0 Å². The highest BCUT2D eigenvalue weighted by Gasteiger charge is 2.05. The van der Waals surface area contributed by atoms with Gasteiger partial charge < -0.3 is 11.1 Å². The Kier molecular flexibility index (Phi) is 2.93. The molecule has 18 heavy (non-hydrogen) atoms. The number of halogens is 1. The van der Waals surface area contributed by atoms with Gasteiger partial charge in [0.25, 0.3) is 0 Å². The smallest absolute Gasteiger partial charge is 0.188 e. The van der Waals surface area contributed by atoms with E-state index in [-0.39, 0.29) is 0 Å². The van der Waals surface area contributed by atoms with E-state index >= 15 is 0 Å². The fraction of sp³-hybridized carbons (Fsp3) is 0. The molecule has 0 aliphatic rings. The van der Waals surface area contributed by atoms with Crippen molar-refractivity contribution in [1.29, 1.82) is 0 Å². The Balaban J connectivity index is 1.98. The first kappa shape index (κ1) is 11.5. The van der Waals surface area contributed by atoms with Gasteiger partial charge in [-0.05, 0) is 46.3 Å². The molecule has 0 aliphatic heterocycles. The minimum absolute atomic E-state index is 0.763. The van der Waals surface area contributed by atoms with Crippen LogP contribution < -0.4 is 11.1 Å². The summed E-state index contributed by atoms with van der Waals surface area (Å²) in [7, 11) is 0. The number of para-hydroxylation sites is 1. The third-order valence-corrected chi connectivity index (χ3v) is 4.15. The van der Waals surface area contributed by atoms with Crippen LogP contribution in [0.15, 0.2) is 46.9 Å². The lowest BCUT2D eigenvalue weighted by atomic mass is 10.3. The lowest BCUT2D eigenvalue weighted by Crippen LogP contribution is -1.89. The molecule has 1 aromatic heterocycles. The van der Waals surface area contributed by atoms with Gasteiger partial charge in [-0.25, -0.2) is 4.98 Å². The fourth-order valence-corrected chi connectivity index (χ4v) is 2.98. The summed E-state index contributed by atoms with van der Waals surface area (Å²) in [6.07, 6.45) is 0. The average molecular weight is 320 g/mol. The molecule has 0 fully saturated rings. The Hall–Kier alpha value is -1.59. The second kappa shape index (κ2) is 4.59. The third kappa shape index (κ3) is 2.19. The first-order valence-electron chi connectivity index (χ1n) is 5.40. The quantitative estimate of drug-likeness (QED) is 0.689. The molecule has 2 aromatic carbocycles. The average Bonchev–Trinajstić information content (AvgIpc) is 2.73. The number of nitrogens with one attached hydrogen (secondary N) is 1. The van der Waals surface area contributed by atoms with Crippen LogP contribution in [0, 0.1) is 0 Å². The standard InChI is InChI=1S/C13H10BrN3S/c14-9-3-1-2-4-10(9)16-13-17-11-6-5-8(15)7-12(11)18-13/h1-7H,15H2,(H,16,17). The number of nitrogen functional groups attached to an aromatic ring is 1. The molecular weight excluding hydrogens is 310 g/mol. The highest BCUT2D eigenvalue weighted by molar-refractivity contribution is 9.10. The summed E-state index contributed by atoms with van der Waals surface area (Å²) < 4.78 is 2.10. The maximum Gasteiger partial charge on any atom is 0.188 e. The zero-order valence-corrected chi connectivity index (χ0v) is 11.8. The molecule has 3 N–H and O–H groups in total. The molecule has 0 spiro atoms. The lowest BCUT2D eigenvalue weighted by molar-refractivity contribution is 1.43. The van der Waals surface area contributed by atoms with Crippen molar-refractivity contribution in [2.24, 2.45) is 0 Å². The Bertz CT molecular complexity index is 708. The molecule has 3 nitrogen and oxygen atoms in total. The van der Waals surface area contributed by atoms with Crippen molar-refractivity contribution in [2.45, 2.75) is 0 Å². The van der Waals surface area contributed by atoms with Crippen LogP contribution in [-0.4, -0.2) is 4.98 Å². The van der Waals surface area contributed by atoms with Crippen molar-refractivity contribution in [1.82, 2.24) is 4.98 Å². The van der Waals surface area contributed by atoms with E-state index in [0.717, 1.165) is 31.2 Å². The van der Waals surface area contributed by atoms with E-state index in [1.807, 2.05) is 42.5 Å². The number of fused-ring (bicyclic) bond motifs is 1. The van der Waals surface area contributed by atoms with E-state index < -0.39 is 0 Å². The maximum absolute atomic E-state index is 5.76. The molecule has 0 aliphatic carbocycles. The van der Waals surface area contributed by atoms with E-state index in [1.165, 1.54) is 0 Å². The van der Waals surface area contributed by atoms with Crippen LogP contribution in [0.5, 0.6) is 0 Å². The number of rotatable bonds is 2. The molecule has 0 amide bonds. The van der Waals surface area contributed by atoms with Gasteiger partial charge >= 0.3 is 0 Å². The highest BCUT2D eigenvalue weighted by atomic mass is 79.9. The molecule has 3 rings (SSSR count). The third-order valence-electron chi connectivity index (χ3n) is 2.53. The van der Waals surface area contributed by atoms with Crippen LogP contribution in [0.2, 0.25) is 0 Å². The minimum atomic E-state index is 0.763. The largest absolute Gasteiger partial charge is 0.399 e. The highest BCUT2D eigenvalue weighted by Crippen LogP contribution is 2.31. The SMILES string of the molecule is Nc1ccc2nc(Nc3ccccc3Br)sc2c1. The predicted octanol–water partition coefficient (Wildman–Crippen LogP) is 4.38. The van der Waals surface area contributed by atoms with Crippen molar-refractivity contribution in [3.63, 3.8) is 0 Å². The van der Waals surface area contributed by atoms with Crippen molar-refractivity contribution in [3.8, 4) is 0 Å². The monoisotopic (exact) mass is 319 g/mol. The number of nitrogens with zero attached hydrogens (tertiary/aromatic N) is 1. The summed E-state index contributed by atoms with van der Waals surface area (Å²) in [4.78, 5) is 4.52. The normalized spacial score (nSPS) is 10.7. The van der Waals surface area contributed by atoms with Crippen LogP contribution >= 0.6 is 27.3 Å². The number of anilines is 3. The molecule has 1 heterocycles. The van der Waals surface area contributed by atoms with E-state index in [2.05, 4.69) is 26.2 Å². The van der Waals surface area contributed by atoms with E-state index in [4.69, 9.17) is 5.73 Å². The molecule has 90 valence electrons. The number of aromatic nitrogens is 1. The number of hydrogen-bond donors (Lipinski definition) is 2. The van der Waals surface area contributed by atoms with Crippen LogP contribution in [-0.2, 0) is 0 Å². The molecule has 5 heteroatoms. The van der Waals surface area contributed by atoms with Gasteiger partial charge in [0, 0.05) is 10.2 Å².